The van der Waals surface area contributed by atoms with E-state index in [0.717, 1.165) is 17.8 Å². The molecule has 0 amide bonds. The molecule has 0 unspecified atom stereocenters. The van der Waals surface area contributed by atoms with E-state index >= 15 is 0 Å². The highest BCUT2D eigenvalue weighted by atomic mass is 19.1. The minimum atomic E-state index is -0.209. The van der Waals surface area contributed by atoms with Crippen molar-refractivity contribution in [2.24, 2.45) is 0 Å². The molecule has 17 heavy (non-hydrogen) atoms. The van der Waals surface area contributed by atoms with Gasteiger partial charge in [0.15, 0.2) is 0 Å². The zero-order valence-corrected chi connectivity index (χ0v) is 9.31. The second kappa shape index (κ2) is 4.06. The van der Waals surface area contributed by atoms with Gasteiger partial charge in [-0.15, -0.1) is 0 Å². The fourth-order valence-corrected chi connectivity index (χ4v) is 2.13. The van der Waals surface area contributed by atoms with Crippen LogP contribution < -0.4 is 4.90 Å². The number of para-hydroxylation sites is 1. The van der Waals surface area contributed by atoms with E-state index in [1.54, 1.807) is 12.1 Å². The minimum absolute atomic E-state index is 0.209. The van der Waals surface area contributed by atoms with Crippen molar-refractivity contribution < 1.29 is 4.39 Å². The van der Waals surface area contributed by atoms with Gasteiger partial charge in [0, 0.05) is 17.6 Å². The number of fused-ring (bicyclic) bond motifs is 1. The van der Waals surface area contributed by atoms with Crippen molar-refractivity contribution in [3.63, 3.8) is 0 Å². The number of hydrogen-bond donors (Lipinski definition) is 0. The summed E-state index contributed by atoms with van der Waals surface area (Å²) in [6.07, 6.45) is 5.02. The van der Waals surface area contributed by atoms with Crippen molar-refractivity contribution >= 4 is 11.4 Å². The fraction of sp³-hybridized carbons (Fsp3) is 0.0667. The van der Waals surface area contributed by atoms with Crippen molar-refractivity contribution in [3.05, 3.63) is 72.2 Å². The summed E-state index contributed by atoms with van der Waals surface area (Å²) in [5, 5.41) is 0. The van der Waals surface area contributed by atoms with Gasteiger partial charge in [-0.05, 0) is 36.2 Å². The fourth-order valence-electron chi connectivity index (χ4n) is 2.13. The van der Waals surface area contributed by atoms with Crippen LogP contribution in [0.15, 0.2) is 60.8 Å². The summed E-state index contributed by atoms with van der Waals surface area (Å²) >= 11 is 0. The molecule has 0 aliphatic carbocycles. The van der Waals surface area contributed by atoms with Gasteiger partial charge in [-0.1, -0.05) is 30.3 Å². The standard InChI is InChI=1S/C15H12FN/c16-13-7-3-8-14(11-13)17-10-4-6-12-5-1-2-9-15(12)17/h1-5,7-11H,6H2. The lowest BCUT2D eigenvalue weighted by atomic mass is 10.1. The third-order valence-electron chi connectivity index (χ3n) is 2.93. The maximum atomic E-state index is 13.2. The Balaban J connectivity index is 2.09. The molecule has 3 rings (SSSR count). The van der Waals surface area contributed by atoms with Gasteiger partial charge in [0.25, 0.3) is 0 Å². The van der Waals surface area contributed by atoms with Crippen LogP contribution in [0.1, 0.15) is 5.56 Å². The summed E-state index contributed by atoms with van der Waals surface area (Å²) in [4.78, 5) is 2.02. The quantitative estimate of drug-likeness (QED) is 0.708. The van der Waals surface area contributed by atoms with Crippen molar-refractivity contribution in [1.29, 1.82) is 0 Å². The molecule has 1 aliphatic heterocycles. The zero-order valence-electron chi connectivity index (χ0n) is 9.31. The summed E-state index contributed by atoms with van der Waals surface area (Å²) in [5.74, 6) is -0.209. The van der Waals surface area contributed by atoms with Gasteiger partial charge in [0.2, 0.25) is 0 Å². The number of rotatable bonds is 1. The Hall–Kier alpha value is -2.09. The van der Waals surface area contributed by atoms with Gasteiger partial charge in [-0.3, -0.25) is 0 Å². The zero-order chi connectivity index (χ0) is 11.7. The molecule has 0 bridgehead atoms. The molecule has 2 aromatic carbocycles. The lowest BCUT2D eigenvalue weighted by Crippen LogP contribution is -2.14. The molecule has 0 radical (unpaired) electrons. The summed E-state index contributed by atoms with van der Waals surface area (Å²) in [6, 6.07) is 14.8. The first kappa shape index (κ1) is 10.1. The van der Waals surface area contributed by atoms with Gasteiger partial charge in [0.05, 0.1) is 0 Å². The highest BCUT2D eigenvalue weighted by molar-refractivity contribution is 5.70. The molecular weight excluding hydrogens is 213 g/mol. The summed E-state index contributed by atoms with van der Waals surface area (Å²) in [5.41, 5.74) is 3.24. The van der Waals surface area contributed by atoms with Crippen LogP contribution in [0.25, 0.3) is 0 Å². The lowest BCUT2D eigenvalue weighted by Gasteiger charge is -2.26. The van der Waals surface area contributed by atoms with Crippen LogP contribution in [0.2, 0.25) is 0 Å². The molecule has 2 heteroatoms. The first-order chi connectivity index (χ1) is 8.34. The molecule has 1 nitrogen and oxygen atoms in total. The first-order valence-electron chi connectivity index (χ1n) is 5.64. The minimum Gasteiger partial charge on any atom is -0.317 e. The predicted molar refractivity (Wildman–Crippen MR) is 67.8 cm³/mol. The Labute approximate surface area is 99.8 Å². The summed E-state index contributed by atoms with van der Waals surface area (Å²) < 4.78 is 13.2. The second-order valence-electron chi connectivity index (χ2n) is 4.07. The highest BCUT2D eigenvalue weighted by Gasteiger charge is 2.13. The van der Waals surface area contributed by atoms with E-state index in [2.05, 4.69) is 18.2 Å². The first-order valence-corrected chi connectivity index (χ1v) is 5.64. The van der Waals surface area contributed by atoms with E-state index in [0.29, 0.717) is 0 Å². The van der Waals surface area contributed by atoms with Crippen molar-refractivity contribution in [1.82, 2.24) is 0 Å². The predicted octanol–water partition coefficient (Wildman–Crippen LogP) is 4.03. The van der Waals surface area contributed by atoms with E-state index in [4.69, 9.17) is 0 Å². The molecule has 0 aromatic heterocycles. The Morgan fingerprint density at radius 1 is 1.00 bits per heavy atom. The Morgan fingerprint density at radius 3 is 2.76 bits per heavy atom. The monoisotopic (exact) mass is 225 g/mol. The molecule has 1 aliphatic rings. The van der Waals surface area contributed by atoms with Crippen molar-refractivity contribution in [2.75, 3.05) is 4.90 Å². The van der Waals surface area contributed by atoms with E-state index in [1.807, 2.05) is 29.3 Å². The number of anilines is 2. The maximum Gasteiger partial charge on any atom is 0.125 e. The summed E-state index contributed by atoms with van der Waals surface area (Å²) in [6.45, 7) is 0. The molecule has 0 N–H and O–H groups in total. The highest BCUT2D eigenvalue weighted by Crippen LogP contribution is 2.32. The summed E-state index contributed by atoms with van der Waals surface area (Å²) in [7, 11) is 0. The molecule has 1 heterocycles. The third-order valence-corrected chi connectivity index (χ3v) is 2.93. The lowest BCUT2D eigenvalue weighted by molar-refractivity contribution is 0.628. The van der Waals surface area contributed by atoms with Crippen LogP contribution in [-0.2, 0) is 6.42 Å². The average Bonchev–Trinajstić information content (AvgIpc) is 2.38. The average molecular weight is 225 g/mol. The molecule has 0 saturated heterocycles. The molecule has 0 atom stereocenters. The van der Waals surface area contributed by atoms with Crippen molar-refractivity contribution in [2.45, 2.75) is 6.42 Å². The largest absolute Gasteiger partial charge is 0.317 e. The Kier molecular flexibility index (Phi) is 2.41. The van der Waals surface area contributed by atoms with Gasteiger partial charge in [-0.25, -0.2) is 4.39 Å². The SMILES string of the molecule is Fc1cccc(N2C=CCc3ccccc32)c1. The van der Waals surface area contributed by atoms with E-state index < -0.39 is 0 Å². The van der Waals surface area contributed by atoms with Gasteiger partial charge >= 0.3 is 0 Å². The Morgan fingerprint density at radius 2 is 1.88 bits per heavy atom. The number of benzene rings is 2. The van der Waals surface area contributed by atoms with Crippen molar-refractivity contribution in [3.8, 4) is 0 Å². The van der Waals surface area contributed by atoms with Crippen LogP contribution in [0.5, 0.6) is 0 Å². The molecular formula is C15H12FN. The molecule has 2 aromatic rings. The van der Waals surface area contributed by atoms with Crippen LogP contribution in [-0.4, -0.2) is 0 Å². The third kappa shape index (κ3) is 1.82. The molecule has 0 saturated carbocycles. The molecule has 0 fully saturated rings. The van der Waals surface area contributed by atoms with Gasteiger partial charge < -0.3 is 4.90 Å². The number of hydrogen-bond acceptors (Lipinski definition) is 1. The van der Waals surface area contributed by atoms with Crippen LogP contribution in [0.3, 0.4) is 0 Å². The van der Waals surface area contributed by atoms with Crippen LogP contribution >= 0.6 is 0 Å². The van der Waals surface area contributed by atoms with Crippen LogP contribution in [0.4, 0.5) is 15.8 Å². The number of halogens is 1. The second-order valence-corrected chi connectivity index (χ2v) is 4.07. The topological polar surface area (TPSA) is 3.24 Å². The van der Waals surface area contributed by atoms with Gasteiger partial charge in [-0.2, -0.15) is 0 Å². The normalized spacial score (nSPS) is 13.6. The van der Waals surface area contributed by atoms with E-state index in [9.17, 15) is 4.39 Å². The van der Waals surface area contributed by atoms with E-state index in [1.165, 1.54) is 11.6 Å². The van der Waals surface area contributed by atoms with E-state index in [-0.39, 0.29) is 5.82 Å². The smallest absolute Gasteiger partial charge is 0.125 e. The maximum absolute atomic E-state index is 13.2. The van der Waals surface area contributed by atoms with Crippen LogP contribution in [0, 0.1) is 5.82 Å². The molecule has 0 spiro atoms. The van der Waals surface area contributed by atoms with Gasteiger partial charge in [0.1, 0.15) is 5.82 Å². The number of allylic oxidation sites excluding steroid dienone is 1. The Bertz CT molecular complexity index is 575. The number of nitrogens with zero attached hydrogens (tertiary/aromatic N) is 1. The molecule has 84 valence electrons.